The van der Waals surface area contributed by atoms with Gasteiger partial charge >= 0.3 is 0 Å². The molecule has 134 valence electrons. The summed E-state index contributed by atoms with van der Waals surface area (Å²) in [4.78, 5) is 2.02. The summed E-state index contributed by atoms with van der Waals surface area (Å²) in [7, 11) is 5.62. The van der Waals surface area contributed by atoms with Crippen molar-refractivity contribution in [3.8, 4) is 28.7 Å². The van der Waals surface area contributed by atoms with E-state index in [9.17, 15) is 0 Å². The van der Waals surface area contributed by atoms with Gasteiger partial charge in [-0.2, -0.15) is 0 Å². The van der Waals surface area contributed by atoms with Crippen molar-refractivity contribution in [3.63, 3.8) is 0 Å². The predicted molar refractivity (Wildman–Crippen MR) is 105 cm³/mol. The van der Waals surface area contributed by atoms with Gasteiger partial charge in [-0.3, -0.25) is 0 Å². The minimum atomic E-state index is 0.712. The van der Waals surface area contributed by atoms with E-state index in [-0.39, 0.29) is 0 Å². The lowest BCUT2D eigenvalue weighted by Crippen LogP contribution is -2.08. The maximum atomic E-state index is 6.01. The molecule has 0 N–H and O–H groups in total. The maximum absolute atomic E-state index is 6.01. The van der Waals surface area contributed by atoms with Gasteiger partial charge in [-0.05, 0) is 43.3 Å². The van der Waals surface area contributed by atoms with Gasteiger partial charge in [0.25, 0.3) is 0 Å². The fourth-order valence-electron chi connectivity index (χ4n) is 2.46. The Balaban J connectivity index is 1.86. The topological polar surface area (TPSA) is 30.9 Å². The van der Waals surface area contributed by atoms with Crippen molar-refractivity contribution in [3.05, 3.63) is 72.3 Å². The van der Waals surface area contributed by atoms with Crippen LogP contribution in [0.2, 0.25) is 0 Å². The number of rotatable bonds is 6. The normalized spacial score (nSPS) is 10.3. The van der Waals surface area contributed by atoms with Gasteiger partial charge < -0.3 is 19.1 Å². The van der Waals surface area contributed by atoms with Crippen LogP contribution in [-0.2, 0) is 0 Å². The molecule has 0 aromatic heterocycles. The molecule has 0 spiro atoms. The first-order chi connectivity index (χ1) is 12.5. The third kappa shape index (κ3) is 4.48. The van der Waals surface area contributed by atoms with Crippen LogP contribution in [0.1, 0.15) is 5.56 Å². The highest BCUT2D eigenvalue weighted by Crippen LogP contribution is 2.33. The third-order valence-corrected chi connectivity index (χ3v) is 3.93. The summed E-state index contributed by atoms with van der Waals surface area (Å²) in [6.07, 6.45) is 0. The number of hydrogen-bond donors (Lipinski definition) is 0. The molecule has 0 saturated heterocycles. The molecule has 0 unspecified atom stereocenters. The second-order valence-corrected chi connectivity index (χ2v) is 6.25. The molecular formula is C22H23NO3. The molecule has 0 aliphatic heterocycles. The zero-order chi connectivity index (χ0) is 18.5. The predicted octanol–water partition coefficient (Wildman–Crippen LogP) is 5.65. The monoisotopic (exact) mass is 349 g/mol. The minimum Gasteiger partial charge on any atom is -0.497 e. The highest BCUT2D eigenvalue weighted by molar-refractivity contribution is 5.56. The Morgan fingerprint density at radius 2 is 1.08 bits per heavy atom. The lowest BCUT2D eigenvalue weighted by molar-refractivity contribution is 0.412. The number of benzene rings is 3. The Kier molecular flexibility index (Phi) is 5.32. The van der Waals surface area contributed by atoms with Gasteiger partial charge in [0, 0.05) is 38.0 Å². The zero-order valence-corrected chi connectivity index (χ0v) is 15.5. The molecule has 0 fully saturated rings. The first-order valence-corrected chi connectivity index (χ1v) is 8.42. The van der Waals surface area contributed by atoms with E-state index in [0.717, 1.165) is 28.7 Å². The smallest absolute Gasteiger partial charge is 0.133 e. The van der Waals surface area contributed by atoms with E-state index in [1.165, 1.54) is 5.56 Å². The Morgan fingerprint density at radius 3 is 1.54 bits per heavy atom. The fraction of sp³-hybridized carbons (Fsp3) is 0.182. The van der Waals surface area contributed by atoms with E-state index in [2.05, 4.69) is 6.92 Å². The van der Waals surface area contributed by atoms with Gasteiger partial charge in [-0.25, -0.2) is 0 Å². The van der Waals surface area contributed by atoms with Crippen molar-refractivity contribution in [2.24, 2.45) is 0 Å². The molecule has 3 rings (SSSR count). The highest BCUT2D eigenvalue weighted by Gasteiger charge is 2.07. The average Bonchev–Trinajstić information content (AvgIpc) is 2.64. The SMILES string of the molecule is COc1ccc(Oc2cc(Oc3ccc(C)cc3)cc(N(C)C)c2)cc1. The number of nitrogens with zero attached hydrogens (tertiary/aromatic N) is 1. The number of hydrogen-bond acceptors (Lipinski definition) is 4. The lowest BCUT2D eigenvalue weighted by atomic mass is 10.2. The van der Waals surface area contributed by atoms with E-state index < -0.39 is 0 Å². The van der Waals surface area contributed by atoms with E-state index >= 15 is 0 Å². The summed E-state index contributed by atoms with van der Waals surface area (Å²) in [6.45, 7) is 2.05. The summed E-state index contributed by atoms with van der Waals surface area (Å²) in [6, 6.07) is 21.3. The van der Waals surface area contributed by atoms with Gasteiger partial charge in [0.15, 0.2) is 0 Å². The second-order valence-electron chi connectivity index (χ2n) is 6.25. The van der Waals surface area contributed by atoms with Crippen LogP contribution in [0.5, 0.6) is 28.7 Å². The van der Waals surface area contributed by atoms with Gasteiger partial charge in [0.2, 0.25) is 0 Å². The molecule has 3 aromatic rings. The van der Waals surface area contributed by atoms with Crippen LogP contribution < -0.4 is 19.1 Å². The molecule has 4 nitrogen and oxygen atoms in total. The molecule has 3 aromatic carbocycles. The summed E-state index contributed by atoms with van der Waals surface area (Å²) < 4.78 is 17.2. The standard InChI is InChI=1S/C22H23NO3/c1-16-5-7-19(8-6-16)25-21-13-17(23(2)3)14-22(15-21)26-20-11-9-18(24-4)10-12-20/h5-15H,1-4H3. The van der Waals surface area contributed by atoms with Crippen LogP contribution >= 0.6 is 0 Å². The Morgan fingerprint density at radius 1 is 0.615 bits per heavy atom. The third-order valence-electron chi connectivity index (χ3n) is 3.93. The molecule has 0 heterocycles. The van der Waals surface area contributed by atoms with Gasteiger partial charge in [0.05, 0.1) is 7.11 Å². The molecule has 0 radical (unpaired) electrons. The summed E-state index contributed by atoms with van der Waals surface area (Å²) in [5, 5.41) is 0. The molecule has 0 aliphatic rings. The summed E-state index contributed by atoms with van der Waals surface area (Å²) in [5.41, 5.74) is 2.20. The van der Waals surface area contributed by atoms with Crippen LogP contribution in [0.4, 0.5) is 5.69 Å². The van der Waals surface area contributed by atoms with Crippen molar-refractivity contribution in [2.45, 2.75) is 6.92 Å². The van der Waals surface area contributed by atoms with Crippen LogP contribution in [-0.4, -0.2) is 21.2 Å². The number of ether oxygens (including phenoxy) is 3. The van der Waals surface area contributed by atoms with Gasteiger partial charge in [-0.1, -0.05) is 17.7 Å². The molecule has 26 heavy (non-hydrogen) atoms. The van der Waals surface area contributed by atoms with Crippen LogP contribution in [0.3, 0.4) is 0 Å². The quantitative estimate of drug-likeness (QED) is 0.575. The number of aryl methyl sites for hydroxylation is 1. The van der Waals surface area contributed by atoms with Gasteiger partial charge in [0.1, 0.15) is 28.7 Å². The molecule has 0 atom stereocenters. The minimum absolute atomic E-state index is 0.712. The molecule has 0 saturated carbocycles. The van der Waals surface area contributed by atoms with Crippen molar-refractivity contribution < 1.29 is 14.2 Å². The van der Waals surface area contributed by atoms with Crippen molar-refractivity contribution in [2.75, 3.05) is 26.1 Å². The molecule has 0 bridgehead atoms. The summed E-state index contributed by atoms with van der Waals surface area (Å²) >= 11 is 0. The largest absolute Gasteiger partial charge is 0.497 e. The maximum Gasteiger partial charge on any atom is 0.133 e. The van der Waals surface area contributed by atoms with Crippen molar-refractivity contribution >= 4 is 5.69 Å². The second kappa shape index (κ2) is 7.83. The first kappa shape index (κ1) is 17.7. The Bertz CT molecular complexity index is 856. The molecule has 0 amide bonds. The average molecular weight is 349 g/mol. The van der Waals surface area contributed by atoms with Crippen LogP contribution in [0.25, 0.3) is 0 Å². The van der Waals surface area contributed by atoms with E-state index in [4.69, 9.17) is 14.2 Å². The van der Waals surface area contributed by atoms with Crippen molar-refractivity contribution in [1.82, 2.24) is 0 Å². The highest BCUT2D eigenvalue weighted by atomic mass is 16.5. The molecule has 0 aliphatic carbocycles. The van der Waals surface area contributed by atoms with E-state index in [1.807, 2.05) is 85.7 Å². The number of anilines is 1. The van der Waals surface area contributed by atoms with Crippen molar-refractivity contribution in [1.29, 1.82) is 0 Å². The number of methoxy groups -OCH3 is 1. The fourth-order valence-corrected chi connectivity index (χ4v) is 2.46. The molecular weight excluding hydrogens is 326 g/mol. The van der Waals surface area contributed by atoms with E-state index in [1.54, 1.807) is 7.11 Å². The lowest BCUT2D eigenvalue weighted by Gasteiger charge is -2.17. The zero-order valence-electron chi connectivity index (χ0n) is 15.5. The van der Waals surface area contributed by atoms with Gasteiger partial charge in [-0.15, -0.1) is 0 Å². The van der Waals surface area contributed by atoms with Crippen LogP contribution in [0.15, 0.2) is 66.7 Å². The first-order valence-electron chi connectivity index (χ1n) is 8.42. The van der Waals surface area contributed by atoms with E-state index in [0.29, 0.717) is 5.75 Å². The van der Waals surface area contributed by atoms with Crippen LogP contribution in [0, 0.1) is 6.92 Å². The Hall–Kier alpha value is -3.14. The Labute approximate surface area is 154 Å². The molecule has 4 heteroatoms. The summed E-state index contributed by atoms with van der Waals surface area (Å²) in [5.74, 6) is 3.76.